The predicted octanol–water partition coefficient (Wildman–Crippen LogP) is 2.66. The van der Waals surface area contributed by atoms with Crippen LogP contribution in [0.5, 0.6) is 0 Å². The summed E-state index contributed by atoms with van der Waals surface area (Å²) in [6.45, 7) is 7.20. The second-order valence-electron chi connectivity index (χ2n) is 6.70. The predicted molar refractivity (Wildman–Crippen MR) is 77.2 cm³/mol. The zero-order valence-corrected chi connectivity index (χ0v) is 12.3. The summed E-state index contributed by atoms with van der Waals surface area (Å²) in [7, 11) is 0. The van der Waals surface area contributed by atoms with Crippen LogP contribution in [0.3, 0.4) is 0 Å². The quantitative estimate of drug-likeness (QED) is 0.565. The number of likely N-dealkylation sites (tertiary alicyclic amines) is 1. The molecule has 3 N–H and O–H groups in total. The normalized spacial score (nSPS) is 26.0. The maximum Gasteiger partial charge on any atom is 0.0394 e. The van der Waals surface area contributed by atoms with E-state index in [1.807, 2.05) is 0 Å². The lowest BCUT2D eigenvalue weighted by Gasteiger charge is -2.45. The highest BCUT2D eigenvalue weighted by Gasteiger charge is 2.45. The molecule has 1 aliphatic heterocycles. The Bertz CT molecular complexity index is 240. The van der Waals surface area contributed by atoms with Crippen LogP contribution in [0.1, 0.15) is 65.2 Å². The molecule has 2 fully saturated rings. The minimum atomic E-state index is 0.375. The van der Waals surface area contributed by atoms with Crippen LogP contribution in [0.2, 0.25) is 0 Å². The maximum absolute atomic E-state index is 5.91. The topological polar surface area (TPSA) is 41.3 Å². The fourth-order valence-electron chi connectivity index (χ4n) is 4.04. The molecule has 0 radical (unpaired) electrons. The van der Waals surface area contributed by atoms with Crippen molar-refractivity contribution in [2.24, 2.45) is 11.8 Å². The van der Waals surface area contributed by atoms with Gasteiger partial charge >= 0.3 is 0 Å². The van der Waals surface area contributed by atoms with E-state index in [1.165, 1.54) is 64.5 Å². The largest absolute Gasteiger partial charge is 0.296 e. The first-order valence-corrected chi connectivity index (χ1v) is 7.90. The Balaban J connectivity index is 2.06. The summed E-state index contributed by atoms with van der Waals surface area (Å²) in [6, 6.07) is 0.487. The van der Waals surface area contributed by atoms with E-state index in [4.69, 9.17) is 5.84 Å². The molecule has 1 atom stereocenters. The lowest BCUT2D eigenvalue weighted by Crippen LogP contribution is -2.60. The van der Waals surface area contributed by atoms with Crippen LogP contribution in [0.25, 0.3) is 0 Å². The molecule has 3 heteroatoms. The molecular weight excluding hydrogens is 222 g/mol. The highest BCUT2D eigenvalue weighted by atomic mass is 15.3. The Kier molecular flexibility index (Phi) is 5.05. The van der Waals surface area contributed by atoms with Gasteiger partial charge in [-0.2, -0.15) is 0 Å². The van der Waals surface area contributed by atoms with E-state index in [1.54, 1.807) is 0 Å². The number of hydrogen-bond donors (Lipinski definition) is 2. The summed E-state index contributed by atoms with van der Waals surface area (Å²) in [5.74, 6) is 6.69. The first kappa shape index (κ1) is 14.3. The molecule has 0 spiro atoms. The van der Waals surface area contributed by atoms with Gasteiger partial charge in [0.25, 0.3) is 0 Å². The van der Waals surface area contributed by atoms with E-state index in [2.05, 4.69) is 24.2 Å². The molecule has 1 saturated carbocycles. The molecule has 1 saturated heterocycles. The Morgan fingerprint density at radius 2 is 1.67 bits per heavy atom. The Morgan fingerprint density at radius 3 is 2.17 bits per heavy atom. The van der Waals surface area contributed by atoms with Crippen LogP contribution in [0, 0.1) is 5.92 Å². The molecule has 1 unspecified atom stereocenters. The number of nitrogens with zero attached hydrogens (tertiary/aromatic N) is 1. The van der Waals surface area contributed by atoms with Crippen molar-refractivity contribution >= 4 is 0 Å². The van der Waals surface area contributed by atoms with E-state index >= 15 is 0 Å². The van der Waals surface area contributed by atoms with E-state index in [0.29, 0.717) is 11.6 Å². The second-order valence-corrected chi connectivity index (χ2v) is 6.70. The van der Waals surface area contributed by atoms with Crippen molar-refractivity contribution in [2.75, 3.05) is 13.1 Å². The minimum Gasteiger partial charge on any atom is -0.296 e. The van der Waals surface area contributed by atoms with E-state index in [0.717, 1.165) is 5.92 Å². The summed E-state index contributed by atoms with van der Waals surface area (Å²) in [6.07, 6.45) is 10.7. The molecule has 0 aromatic rings. The van der Waals surface area contributed by atoms with Crippen LogP contribution in [-0.4, -0.2) is 29.6 Å². The highest BCUT2D eigenvalue weighted by molar-refractivity contribution is 5.04. The van der Waals surface area contributed by atoms with Gasteiger partial charge in [0.1, 0.15) is 0 Å². The average molecular weight is 253 g/mol. The number of hydrogen-bond acceptors (Lipinski definition) is 3. The van der Waals surface area contributed by atoms with Crippen molar-refractivity contribution in [1.29, 1.82) is 0 Å². The van der Waals surface area contributed by atoms with Crippen molar-refractivity contribution in [3.8, 4) is 0 Å². The molecule has 0 aromatic carbocycles. The van der Waals surface area contributed by atoms with Gasteiger partial charge in [-0.15, -0.1) is 0 Å². The van der Waals surface area contributed by atoms with Gasteiger partial charge in [0.2, 0.25) is 0 Å². The van der Waals surface area contributed by atoms with E-state index in [-0.39, 0.29) is 0 Å². The Hall–Kier alpha value is -0.120. The number of nitrogens with one attached hydrogen (secondary N) is 1. The standard InChI is InChI=1S/C15H31N3/c1-13(2)7-8-14(17-16)15(9-3-4-10-15)18-11-5-6-12-18/h13-14,17H,3-12,16H2,1-2H3. The van der Waals surface area contributed by atoms with Crippen LogP contribution in [0.15, 0.2) is 0 Å². The molecule has 2 aliphatic rings. The fourth-order valence-corrected chi connectivity index (χ4v) is 4.04. The van der Waals surface area contributed by atoms with Crippen LogP contribution in [-0.2, 0) is 0 Å². The number of nitrogens with two attached hydrogens (primary N) is 1. The van der Waals surface area contributed by atoms with Crippen LogP contribution >= 0.6 is 0 Å². The summed E-state index contributed by atoms with van der Waals surface area (Å²) in [5.41, 5.74) is 3.55. The fraction of sp³-hybridized carbons (Fsp3) is 1.00. The molecule has 3 nitrogen and oxygen atoms in total. The minimum absolute atomic E-state index is 0.375. The lowest BCUT2D eigenvalue weighted by atomic mass is 9.83. The third kappa shape index (κ3) is 2.89. The van der Waals surface area contributed by atoms with Crippen molar-refractivity contribution < 1.29 is 0 Å². The smallest absolute Gasteiger partial charge is 0.0394 e. The monoisotopic (exact) mass is 253 g/mol. The molecular formula is C15H31N3. The highest BCUT2D eigenvalue weighted by Crippen LogP contribution is 2.41. The first-order valence-electron chi connectivity index (χ1n) is 7.90. The maximum atomic E-state index is 5.91. The van der Waals surface area contributed by atoms with Gasteiger partial charge in [-0.25, -0.2) is 0 Å². The van der Waals surface area contributed by atoms with Gasteiger partial charge in [-0.05, 0) is 57.5 Å². The zero-order chi connectivity index (χ0) is 13.0. The Morgan fingerprint density at radius 1 is 1.06 bits per heavy atom. The number of rotatable bonds is 6. The Labute approximate surface area is 112 Å². The summed E-state index contributed by atoms with van der Waals surface area (Å²) < 4.78 is 0. The van der Waals surface area contributed by atoms with Crippen molar-refractivity contribution in [3.63, 3.8) is 0 Å². The van der Waals surface area contributed by atoms with Crippen molar-refractivity contribution in [3.05, 3.63) is 0 Å². The molecule has 1 heterocycles. The third-order valence-electron chi connectivity index (χ3n) is 5.09. The van der Waals surface area contributed by atoms with Crippen molar-refractivity contribution in [1.82, 2.24) is 10.3 Å². The van der Waals surface area contributed by atoms with Crippen LogP contribution in [0.4, 0.5) is 0 Å². The zero-order valence-electron chi connectivity index (χ0n) is 12.3. The SMILES string of the molecule is CC(C)CCC(NN)C1(N2CCCC2)CCCC1. The third-order valence-corrected chi connectivity index (χ3v) is 5.09. The number of hydrazine groups is 1. The van der Waals surface area contributed by atoms with Gasteiger partial charge in [-0.1, -0.05) is 26.7 Å². The van der Waals surface area contributed by atoms with E-state index in [9.17, 15) is 0 Å². The molecule has 1 aliphatic carbocycles. The molecule has 106 valence electrons. The molecule has 0 bridgehead atoms. The summed E-state index contributed by atoms with van der Waals surface area (Å²) >= 11 is 0. The molecule has 0 aromatic heterocycles. The first-order chi connectivity index (χ1) is 8.69. The average Bonchev–Trinajstić information content (AvgIpc) is 3.00. The second kappa shape index (κ2) is 6.36. The van der Waals surface area contributed by atoms with Gasteiger partial charge in [0.05, 0.1) is 0 Å². The van der Waals surface area contributed by atoms with Gasteiger partial charge < -0.3 is 0 Å². The van der Waals surface area contributed by atoms with Gasteiger partial charge in [-0.3, -0.25) is 16.2 Å². The molecule has 2 rings (SSSR count). The summed E-state index contributed by atoms with van der Waals surface area (Å²) in [5, 5.41) is 0. The van der Waals surface area contributed by atoms with Gasteiger partial charge in [0.15, 0.2) is 0 Å². The molecule has 0 amide bonds. The lowest BCUT2D eigenvalue weighted by molar-refractivity contribution is 0.0706. The van der Waals surface area contributed by atoms with E-state index < -0.39 is 0 Å². The van der Waals surface area contributed by atoms with Gasteiger partial charge in [0, 0.05) is 11.6 Å². The molecule has 18 heavy (non-hydrogen) atoms. The summed E-state index contributed by atoms with van der Waals surface area (Å²) in [4.78, 5) is 2.75. The van der Waals surface area contributed by atoms with Crippen LogP contribution < -0.4 is 11.3 Å². The van der Waals surface area contributed by atoms with Crippen molar-refractivity contribution in [2.45, 2.75) is 76.8 Å².